The molecule has 1 unspecified atom stereocenters. The van der Waals surface area contributed by atoms with Crippen LogP contribution in [0.2, 0.25) is 0 Å². The third-order valence-corrected chi connectivity index (χ3v) is 5.97. The Kier molecular flexibility index (Phi) is 5.25. The number of likely N-dealkylation sites (tertiary alicyclic amines) is 1. The first-order valence-electron chi connectivity index (χ1n) is 9.96. The maximum atomic E-state index is 12.5. The number of aromatic nitrogens is 2. The second kappa shape index (κ2) is 7.97. The number of carbonyl (C=O) groups is 1. The zero-order chi connectivity index (χ0) is 19.4. The van der Waals surface area contributed by atoms with Crippen molar-refractivity contribution in [3.05, 3.63) is 54.0 Å². The Hall–Kier alpha value is -2.94. The fourth-order valence-corrected chi connectivity index (χ4v) is 4.48. The number of piperidine rings is 2. The summed E-state index contributed by atoms with van der Waals surface area (Å²) in [5.41, 5.74) is 1.74. The molecule has 1 atom stereocenters. The van der Waals surface area contributed by atoms with Crippen LogP contribution in [0.25, 0.3) is 0 Å². The zero-order valence-corrected chi connectivity index (χ0v) is 16.0. The molecule has 0 N–H and O–H groups in total. The zero-order valence-electron chi connectivity index (χ0n) is 16.0. The molecule has 2 aromatic rings. The van der Waals surface area contributed by atoms with E-state index in [-0.39, 0.29) is 11.3 Å². The van der Waals surface area contributed by atoms with Crippen molar-refractivity contribution in [3.63, 3.8) is 0 Å². The molecule has 2 fully saturated rings. The predicted octanol–water partition coefficient (Wildman–Crippen LogP) is 2.80. The highest BCUT2D eigenvalue weighted by molar-refractivity contribution is 5.77. The van der Waals surface area contributed by atoms with Gasteiger partial charge in [-0.1, -0.05) is 6.07 Å². The largest absolute Gasteiger partial charge is 0.356 e. The number of amides is 1. The van der Waals surface area contributed by atoms with E-state index in [0.717, 1.165) is 63.4 Å². The van der Waals surface area contributed by atoms with Gasteiger partial charge in [0.1, 0.15) is 11.9 Å². The van der Waals surface area contributed by atoms with Gasteiger partial charge in [-0.15, -0.1) is 0 Å². The molecule has 1 amide bonds. The highest BCUT2D eigenvalue weighted by Crippen LogP contribution is 2.39. The number of anilines is 1. The summed E-state index contributed by atoms with van der Waals surface area (Å²) in [6.45, 7) is 3.43. The first-order valence-corrected chi connectivity index (χ1v) is 9.96. The van der Waals surface area contributed by atoms with Crippen molar-refractivity contribution < 1.29 is 4.79 Å². The Morgan fingerprint density at radius 2 is 2.07 bits per heavy atom. The van der Waals surface area contributed by atoms with E-state index >= 15 is 0 Å². The minimum Gasteiger partial charge on any atom is -0.356 e. The van der Waals surface area contributed by atoms with Gasteiger partial charge in [-0.25, -0.2) is 4.98 Å². The van der Waals surface area contributed by atoms with Crippen molar-refractivity contribution in [2.45, 2.75) is 32.1 Å². The van der Waals surface area contributed by atoms with E-state index in [4.69, 9.17) is 5.26 Å². The number of hydrogen-bond donors (Lipinski definition) is 0. The quantitative estimate of drug-likeness (QED) is 0.822. The number of pyridine rings is 2. The second-order valence-corrected chi connectivity index (χ2v) is 7.93. The average molecular weight is 375 g/mol. The molecule has 4 rings (SSSR count). The summed E-state index contributed by atoms with van der Waals surface area (Å²) in [5.74, 6) is 1.19. The lowest BCUT2D eigenvalue weighted by molar-refractivity contribution is -0.137. The second-order valence-electron chi connectivity index (χ2n) is 7.93. The number of nitrogens with zero attached hydrogens (tertiary/aromatic N) is 5. The van der Waals surface area contributed by atoms with Gasteiger partial charge in [0.25, 0.3) is 0 Å². The average Bonchev–Trinajstić information content (AvgIpc) is 2.75. The smallest absolute Gasteiger partial charge is 0.222 e. The van der Waals surface area contributed by atoms with Crippen molar-refractivity contribution in [1.29, 1.82) is 5.26 Å². The van der Waals surface area contributed by atoms with Gasteiger partial charge in [-0.05, 0) is 43.5 Å². The molecule has 0 saturated carbocycles. The van der Waals surface area contributed by atoms with E-state index in [0.29, 0.717) is 12.0 Å². The normalized spacial score (nSPS) is 22.3. The first kappa shape index (κ1) is 18.4. The molecule has 0 bridgehead atoms. The van der Waals surface area contributed by atoms with Gasteiger partial charge in [0.2, 0.25) is 5.91 Å². The lowest BCUT2D eigenvalue weighted by atomic mass is 9.73. The number of nitriles is 1. The van der Waals surface area contributed by atoms with Gasteiger partial charge in [0.15, 0.2) is 0 Å². The molecule has 2 aliphatic rings. The lowest BCUT2D eigenvalue weighted by Crippen LogP contribution is -2.54. The summed E-state index contributed by atoms with van der Waals surface area (Å²) in [6, 6.07) is 11.8. The van der Waals surface area contributed by atoms with E-state index in [9.17, 15) is 4.79 Å². The molecular formula is C22H25N5O. The van der Waals surface area contributed by atoms with E-state index in [1.54, 1.807) is 12.4 Å². The summed E-state index contributed by atoms with van der Waals surface area (Å²) in [5, 5.41) is 8.98. The number of hydrogen-bond acceptors (Lipinski definition) is 5. The van der Waals surface area contributed by atoms with Crippen LogP contribution in [-0.2, 0) is 11.2 Å². The number of carbonyl (C=O) groups excluding carboxylic acids is 1. The third kappa shape index (κ3) is 3.99. The van der Waals surface area contributed by atoms with Crippen LogP contribution in [0.1, 0.15) is 36.9 Å². The van der Waals surface area contributed by atoms with Gasteiger partial charge in [-0.2, -0.15) is 5.26 Å². The highest BCUT2D eigenvalue weighted by Gasteiger charge is 2.41. The van der Waals surface area contributed by atoms with Crippen molar-refractivity contribution in [1.82, 2.24) is 14.9 Å². The fraction of sp³-hybridized carbons (Fsp3) is 0.455. The lowest BCUT2D eigenvalue weighted by Gasteiger charge is -2.48. The first-order chi connectivity index (χ1) is 13.7. The van der Waals surface area contributed by atoms with Crippen LogP contribution in [0.3, 0.4) is 0 Å². The molecule has 6 heteroatoms. The van der Waals surface area contributed by atoms with Gasteiger partial charge in [-0.3, -0.25) is 9.78 Å². The summed E-state index contributed by atoms with van der Waals surface area (Å²) < 4.78 is 0. The van der Waals surface area contributed by atoms with E-state index in [1.807, 2.05) is 35.2 Å². The molecule has 2 aromatic heterocycles. The van der Waals surface area contributed by atoms with Crippen molar-refractivity contribution in [2.24, 2.45) is 5.41 Å². The van der Waals surface area contributed by atoms with E-state index in [2.05, 4.69) is 20.9 Å². The molecule has 2 aliphatic heterocycles. The molecule has 1 spiro atoms. The summed E-state index contributed by atoms with van der Waals surface area (Å²) >= 11 is 0. The molecule has 2 saturated heterocycles. The van der Waals surface area contributed by atoms with Gasteiger partial charge < -0.3 is 9.80 Å². The summed E-state index contributed by atoms with van der Waals surface area (Å²) in [6.07, 6.45) is 8.05. The van der Waals surface area contributed by atoms with Crippen LogP contribution in [0.5, 0.6) is 0 Å². The van der Waals surface area contributed by atoms with Crippen LogP contribution in [0.4, 0.5) is 5.82 Å². The Morgan fingerprint density at radius 3 is 2.82 bits per heavy atom. The summed E-state index contributed by atoms with van der Waals surface area (Å²) in [4.78, 5) is 25.7. The highest BCUT2D eigenvalue weighted by atomic mass is 16.2. The van der Waals surface area contributed by atoms with Crippen molar-refractivity contribution >= 4 is 11.7 Å². The molecule has 144 valence electrons. The minimum absolute atomic E-state index is 0.131. The molecule has 6 nitrogen and oxygen atoms in total. The Bertz CT molecular complexity index is 861. The molecule has 4 heterocycles. The predicted molar refractivity (Wildman–Crippen MR) is 107 cm³/mol. The van der Waals surface area contributed by atoms with Crippen LogP contribution in [0.15, 0.2) is 42.7 Å². The Labute approximate surface area is 165 Å². The van der Waals surface area contributed by atoms with Crippen molar-refractivity contribution in [3.8, 4) is 6.07 Å². The molecule has 0 aliphatic carbocycles. The SMILES string of the molecule is N#Cc1ccc(N2CCCC3(CCC(=O)N(CCc4ccccn4)C3)C2)nc1. The van der Waals surface area contributed by atoms with Crippen molar-refractivity contribution in [2.75, 3.05) is 31.1 Å². The van der Waals surface area contributed by atoms with Crippen LogP contribution < -0.4 is 4.90 Å². The van der Waals surface area contributed by atoms with Gasteiger partial charge in [0, 0.05) is 62.5 Å². The fourth-order valence-electron chi connectivity index (χ4n) is 4.48. The third-order valence-electron chi connectivity index (χ3n) is 5.97. The van der Waals surface area contributed by atoms with E-state index < -0.39 is 0 Å². The topological polar surface area (TPSA) is 73.1 Å². The molecule has 0 radical (unpaired) electrons. The summed E-state index contributed by atoms with van der Waals surface area (Å²) in [7, 11) is 0. The monoisotopic (exact) mass is 375 g/mol. The Morgan fingerprint density at radius 1 is 1.14 bits per heavy atom. The maximum absolute atomic E-state index is 12.5. The van der Waals surface area contributed by atoms with Crippen LogP contribution >= 0.6 is 0 Å². The van der Waals surface area contributed by atoms with E-state index in [1.165, 1.54) is 0 Å². The molecular weight excluding hydrogens is 350 g/mol. The van der Waals surface area contributed by atoms with Crippen LogP contribution in [0, 0.1) is 16.7 Å². The minimum atomic E-state index is 0.131. The Balaban J connectivity index is 1.44. The standard InChI is InChI=1S/C22H25N5O/c23-14-18-5-6-20(25-15-18)26-12-3-9-22(16-26)10-7-21(28)27(17-22)13-8-19-4-1-2-11-24-19/h1-2,4-6,11,15H,3,7-10,12-13,16-17H2. The molecule has 28 heavy (non-hydrogen) atoms. The van der Waals surface area contributed by atoms with Gasteiger partial charge in [0.05, 0.1) is 5.56 Å². The van der Waals surface area contributed by atoms with Gasteiger partial charge >= 0.3 is 0 Å². The van der Waals surface area contributed by atoms with Crippen LogP contribution in [-0.4, -0.2) is 47.0 Å². The molecule has 0 aromatic carbocycles. The number of rotatable bonds is 4. The maximum Gasteiger partial charge on any atom is 0.222 e.